The molecule has 0 saturated carbocycles. The fourth-order valence-electron chi connectivity index (χ4n) is 1.68. The van der Waals surface area contributed by atoms with Crippen molar-refractivity contribution in [1.82, 2.24) is 9.78 Å². The van der Waals surface area contributed by atoms with E-state index in [9.17, 15) is 21.6 Å². The Morgan fingerprint density at radius 1 is 1.19 bits per heavy atom. The number of hydrogen-bond acceptors (Lipinski definition) is 3. The van der Waals surface area contributed by atoms with Gasteiger partial charge in [0.25, 0.3) is 10.0 Å². The summed E-state index contributed by atoms with van der Waals surface area (Å²) in [6, 6.07) is 3.35. The number of rotatable bonds is 3. The van der Waals surface area contributed by atoms with Crippen molar-refractivity contribution in [3.05, 3.63) is 42.2 Å². The van der Waals surface area contributed by atoms with Gasteiger partial charge in [-0.2, -0.15) is 18.3 Å². The van der Waals surface area contributed by atoms with Gasteiger partial charge in [0, 0.05) is 20.3 Å². The highest BCUT2D eigenvalue weighted by molar-refractivity contribution is 7.92. The van der Waals surface area contributed by atoms with Gasteiger partial charge < -0.3 is 0 Å². The third-order valence-corrected chi connectivity index (χ3v) is 4.69. The number of hydrogen-bond donors (Lipinski definition) is 0. The Bertz CT molecular complexity index is 736. The van der Waals surface area contributed by atoms with E-state index in [2.05, 4.69) is 5.10 Å². The summed E-state index contributed by atoms with van der Waals surface area (Å²) in [4.78, 5) is -0.221. The summed E-state index contributed by atoms with van der Waals surface area (Å²) >= 11 is 0. The Morgan fingerprint density at radius 3 is 2.19 bits per heavy atom. The van der Waals surface area contributed by atoms with Crippen molar-refractivity contribution in [1.29, 1.82) is 0 Å². The molecule has 0 amide bonds. The zero-order valence-electron chi connectivity index (χ0n) is 11.2. The van der Waals surface area contributed by atoms with Gasteiger partial charge in [0.1, 0.15) is 0 Å². The topological polar surface area (TPSA) is 55.2 Å². The number of anilines is 1. The van der Waals surface area contributed by atoms with Crippen LogP contribution in [0.3, 0.4) is 0 Å². The zero-order valence-corrected chi connectivity index (χ0v) is 12.0. The second-order valence-electron chi connectivity index (χ2n) is 4.37. The second kappa shape index (κ2) is 5.06. The Kier molecular flexibility index (Phi) is 3.70. The van der Waals surface area contributed by atoms with Crippen molar-refractivity contribution in [2.24, 2.45) is 7.05 Å². The molecule has 114 valence electrons. The van der Waals surface area contributed by atoms with E-state index in [1.807, 2.05) is 0 Å². The van der Waals surface area contributed by atoms with E-state index in [4.69, 9.17) is 0 Å². The van der Waals surface area contributed by atoms with Gasteiger partial charge in [-0.05, 0) is 24.3 Å². The predicted molar refractivity (Wildman–Crippen MR) is 70.2 cm³/mol. The Morgan fingerprint density at radius 2 is 1.76 bits per heavy atom. The molecule has 2 rings (SSSR count). The Labute approximate surface area is 119 Å². The monoisotopic (exact) mass is 319 g/mol. The summed E-state index contributed by atoms with van der Waals surface area (Å²) in [6.45, 7) is 0. The van der Waals surface area contributed by atoms with Crippen LogP contribution >= 0.6 is 0 Å². The van der Waals surface area contributed by atoms with Crippen molar-refractivity contribution in [2.45, 2.75) is 11.1 Å². The quantitative estimate of drug-likeness (QED) is 0.872. The summed E-state index contributed by atoms with van der Waals surface area (Å²) in [5.41, 5.74) is -0.581. The van der Waals surface area contributed by atoms with E-state index in [0.717, 1.165) is 28.6 Å². The highest BCUT2D eigenvalue weighted by Crippen LogP contribution is 2.30. The van der Waals surface area contributed by atoms with Gasteiger partial charge in [0.15, 0.2) is 0 Å². The fraction of sp³-hybridized carbons (Fsp3) is 0.250. The molecule has 1 aromatic carbocycles. The maximum Gasteiger partial charge on any atom is 0.416 e. The van der Waals surface area contributed by atoms with Gasteiger partial charge >= 0.3 is 6.18 Å². The Hall–Kier alpha value is -2.03. The maximum atomic E-state index is 12.5. The molecule has 0 N–H and O–H groups in total. The van der Waals surface area contributed by atoms with Crippen LogP contribution in [-0.4, -0.2) is 25.2 Å². The first-order valence-electron chi connectivity index (χ1n) is 5.77. The zero-order chi connectivity index (χ0) is 15.8. The fourth-order valence-corrected chi connectivity index (χ4v) is 2.85. The summed E-state index contributed by atoms with van der Waals surface area (Å²) in [6.07, 6.45) is -1.67. The highest BCUT2D eigenvalue weighted by Gasteiger charge is 2.31. The lowest BCUT2D eigenvalue weighted by Gasteiger charge is -2.17. The van der Waals surface area contributed by atoms with Crippen molar-refractivity contribution < 1.29 is 21.6 Å². The third-order valence-electron chi connectivity index (χ3n) is 2.89. The van der Waals surface area contributed by atoms with Crippen LogP contribution in [0.5, 0.6) is 0 Å². The molecule has 0 fully saturated rings. The molecule has 5 nitrogen and oxygen atoms in total. The maximum absolute atomic E-state index is 12.5. The largest absolute Gasteiger partial charge is 0.416 e. The molecule has 0 aliphatic heterocycles. The Balaban J connectivity index is 2.36. The molecule has 0 aliphatic carbocycles. The number of halogens is 3. The molecule has 0 bridgehead atoms. The summed E-state index contributed by atoms with van der Waals surface area (Å²) < 4.78 is 64.4. The van der Waals surface area contributed by atoms with Gasteiger partial charge in [-0.25, -0.2) is 8.42 Å². The number of sulfonamides is 1. The van der Waals surface area contributed by atoms with E-state index in [-0.39, 0.29) is 4.90 Å². The standard InChI is InChI=1S/C12H12F3N3O2S/c1-17-8-10(7-16-17)18(2)21(19,20)11-5-3-9(4-6-11)12(13,14)15/h3-8H,1-2H3. The van der Waals surface area contributed by atoms with Crippen LogP contribution in [0.4, 0.5) is 18.9 Å². The summed E-state index contributed by atoms with van der Waals surface area (Å²) in [5.74, 6) is 0. The molecule has 0 spiro atoms. The lowest BCUT2D eigenvalue weighted by molar-refractivity contribution is -0.137. The van der Waals surface area contributed by atoms with Gasteiger partial charge in [-0.1, -0.05) is 0 Å². The first-order chi connectivity index (χ1) is 9.62. The lowest BCUT2D eigenvalue weighted by Crippen LogP contribution is -2.26. The van der Waals surface area contributed by atoms with Gasteiger partial charge in [-0.3, -0.25) is 8.99 Å². The van der Waals surface area contributed by atoms with Crippen LogP contribution in [-0.2, 0) is 23.2 Å². The van der Waals surface area contributed by atoms with Crippen molar-refractivity contribution in [2.75, 3.05) is 11.4 Å². The molecule has 1 aromatic heterocycles. The number of aromatic nitrogens is 2. The van der Waals surface area contributed by atoms with Crippen LogP contribution in [0.25, 0.3) is 0 Å². The minimum absolute atomic E-state index is 0.221. The molecule has 0 radical (unpaired) electrons. The normalized spacial score (nSPS) is 12.4. The first kappa shape index (κ1) is 15.4. The highest BCUT2D eigenvalue weighted by atomic mass is 32.2. The molecule has 2 aromatic rings. The number of alkyl halides is 3. The molecule has 0 aliphatic rings. The smallest absolute Gasteiger partial charge is 0.274 e. The van der Waals surface area contributed by atoms with Gasteiger partial charge in [0.2, 0.25) is 0 Å². The minimum atomic E-state index is -4.50. The molecular formula is C12H12F3N3O2S. The van der Waals surface area contributed by atoms with Gasteiger partial charge in [-0.15, -0.1) is 0 Å². The summed E-state index contributed by atoms with van der Waals surface area (Å²) in [5, 5.41) is 3.85. The molecule has 0 atom stereocenters. The van der Waals surface area contributed by atoms with E-state index in [1.165, 1.54) is 24.1 Å². The summed E-state index contributed by atoms with van der Waals surface area (Å²) in [7, 11) is -0.992. The van der Waals surface area contributed by atoms with Crippen molar-refractivity contribution >= 4 is 15.7 Å². The van der Waals surface area contributed by atoms with E-state index < -0.39 is 21.8 Å². The molecule has 0 saturated heterocycles. The number of benzene rings is 1. The molecular weight excluding hydrogens is 307 g/mol. The van der Waals surface area contributed by atoms with Crippen LogP contribution in [0.15, 0.2) is 41.6 Å². The van der Waals surface area contributed by atoms with E-state index >= 15 is 0 Å². The van der Waals surface area contributed by atoms with E-state index in [0.29, 0.717) is 5.69 Å². The van der Waals surface area contributed by atoms with Crippen LogP contribution in [0.1, 0.15) is 5.56 Å². The van der Waals surface area contributed by atoms with Crippen molar-refractivity contribution in [3.63, 3.8) is 0 Å². The van der Waals surface area contributed by atoms with E-state index in [1.54, 1.807) is 7.05 Å². The van der Waals surface area contributed by atoms with Crippen LogP contribution in [0.2, 0.25) is 0 Å². The molecule has 9 heteroatoms. The van der Waals surface area contributed by atoms with Gasteiger partial charge in [0.05, 0.1) is 22.3 Å². The number of aryl methyl sites for hydroxylation is 1. The lowest BCUT2D eigenvalue weighted by atomic mass is 10.2. The van der Waals surface area contributed by atoms with Crippen molar-refractivity contribution in [3.8, 4) is 0 Å². The molecule has 0 unspecified atom stereocenters. The third kappa shape index (κ3) is 3.02. The predicted octanol–water partition coefficient (Wildman–Crippen LogP) is 2.26. The SMILES string of the molecule is CN(c1cnn(C)c1)S(=O)(=O)c1ccc(C(F)(F)F)cc1. The van der Waals surface area contributed by atoms with Crippen LogP contribution < -0.4 is 4.31 Å². The average molecular weight is 319 g/mol. The average Bonchev–Trinajstić information content (AvgIpc) is 2.83. The number of nitrogens with zero attached hydrogens (tertiary/aromatic N) is 3. The molecule has 21 heavy (non-hydrogen) atoms. The first-order valence-corrected chi connectivity index (χ1v) is 7.21. The second-order valence-corrected chi connectivity index (χ2v) is 6.34. The molecule has 1 heterocycles. The minimum Gasteiger partial charge on any atom is -0.274 e. The van der Waals surface area contributed by atoms with Crippen LogP contribution in [0, 0.1) is 0 Å².